The number of nitrogens with one attached hydrogen (secondary N) is 3. The molecule has 11 heteroatoms. The van der Waals surface area contributed by atoms with Gasteiger partial charge in [-0.15, -0.1) is 23.1 Å². The number of nitrogens with zero attached hydrogens (tertiary/aromatic N) is 1. The van der Waals surface area contributed by atoms with Gasteiger partial charge < -0.3 is 25.4 Å². The van der Waals surface area contributed by atoms with E-state index in [0.717, 1.165) is 16.2 Å². The minimum atomic E-state index is -0.516. The molecule has 1 heterocycles. The van der Waals surface area contributed by atoms with Crippen molar-refractivity contribution in [3.8, 4) is 22.8 Å². The van der Waals surface area contributed by atoms with Gasteiger partial charge in [-0.3, -0.25) is 14.4 Å². The molecule has 1 aromatic heterocycles. The molecule has 0 radical (unpaired) electrons. The van der Waals surface area contributed by atoms with E-state index in [2.05, 4.69) is 20.9 Å². The van der Waals surface area contributed by atoms with E-state index in [1.54, 1.807) is 66.7 Å². The largest absolute Gasteiger partial charge is 0.493 e. The third-order valence-electron chi connectivity index (χ3n) is 6.83. The van der Waals surface area contributed by atoms with Crippen LogP contribution < -0.4 is 25.4 Å². The number of aryl methyl sites for hydroxylation is 1. The summed E-state index contributed by atoms with van der Waals surface area (Å²) >= 11 is 2.74. The summed E-state index contributed by atoms with van der Waals surface area (Å²) in [5, 5.41) is 10.9. The topological polar surface area (TPSA) is 119 Å². The number of ether oxygens (including phenoxy) is 2. The van der Waals surface area contributed by atoms with Crippen molar-refractivity contribution in [1.29, 1.82) is 0 Å². The zero-order valence-electron chi connectivity index (χ0n) is 25.9. The summed E-state index contributed by atoms with van der Waals surface area (Å²) in [5.74, 6) is 0.0930. The predicted molar refractivity (Wildman–Crippen MR) is 188 cm³/mol. The lowest BCUT2D eigenvalue weighted by atomic mass is 10.1. The van der Waals surface area contributed by atoms with Crippen LogP contribution in [0.15, 0.2) is 113 Å². The molecule has 0 aliphatic heterocycles. The van der Waals surface area contributed by atoms with Crippen molar-refractivity contribution in [2.24, 2.45) is 0 Å². The van der Waals surface area contributed by atoms with E-state index in [9.17, 15) is 14.4 Å². The fourth-order valence-corrected chi connectivity index (χ4v) is 5.81. The highest BCUT2D eigenvalue weighted by Gasteiger charge is 2.16. The molecule has 0 fully saturated rings. The molecule has 0 spiro atoms. The number of aromatic nitrogens is 1. The van der Waals surface area contributed by atoms with Crippen LogP contribution in [-0.2, 0) is 9.59 Å². The quantitative estimate of drug-likeness (QED) is 0.0948. The number of rotatable bonds is 12. The highest BCUT2D eigenvalue weighted by molar-refractivity contribution is 8.00. The van der Waals surface area contributed by atoms with E-state index >= 15 is 0 Å². The summed E-state index contributed by atoms with van der Waals surface area (Å²) in [7, 11) is 3.06. The fourth-order valence-electron chi connectivity index (χ4n) is 4.38. The molecule has 4 aromatic carbocycles. The number of carbonyl (C=O) groups is 3. The molecule has 3 N–H and O–H groups in total. The van der Waals surface area contributed by atoms with Gasteiger partial charge in [-0.05, 0) is 67.1 Å². The predicted octanol–water partition coefficient (Wildman–Crippen LogP) is 7.28. The van der Waals surface area contributed by atoms with Crippen molar-refractivity contribution in [2.75, 3.05) is 30.6 Å². The van der Waals surface area contributed by atoms with Crippen molar-refractivity contribution < 1.29 is 23.9 Å². The lowest BCUT2D eigenvalue weighted by molar-refractivity contribution is -0.114. The molecule has 0 saturated carbocycles. The van der Waals surface area contributed by atoms with Crippen LogP contribution in [0.25, 0.3) is 17.3 Å². The summed E-state index contributed by atoms with van der Waals surface area (Å²) in [4.78, 5) is 44.4. The third kappa shape index (κ3) is 9.09. The van der Waals surface area contributed by atoms with E-state index in [1.807, 2.05) is 48.7 Å². The maximum absolute atomic E-state index is 13.4. The smallest absolute Gasteiger partial charge is 0.272 e. The van der Waals surface area contributed by atoms with Gasteiger partial charge in [0.15, 0.2) is 16.6 Å². The molecule has 0 saturated heterocycles. The number of hydrogen-bond donors (Lipinski definition) is 3. The van der Waals surface area contributed by atoms with Gasteiger partial charge in [0.25, 0.3) is 11.8 Å². The maximum Gasteiger partial charge on any atom is 0.272 e. The summed E-state index contributed by atoms with van der Waals surface area (Å²) in [6, 6.07) is 29.0. The normalized spacial score (nSPS) is 11.0. The summed E-state index contributed by atoms with van der Waals surface area (Å²) in [6.45, 7) is 2.03. The maximum atomic E-state index is 13.4. The van der Waals surface area contributed by atoms with Crippen LogP contribution in [0.2, 0.25) is 0 Å². The van der Waals surface area contributed by atoms with Gasteiger partial charge in [-0.1, -0.05) is 54.1 Å². The Hall–Kier alpha value is -5.39. The zero-order chi connectivity index (χ0) is 33.2. The van der Waals surface area contributed by atoms with Crippen LogP contribution in [0.5, 0.6) is 11.5 Å². The number of thioether (sulfide) groups is 1. The van der Waals surface area contributed by atoms with Crippen LogP contribution in [0, 0.1) is 6.92 Å². The van der Waals surface area contributed by atoms with Crippen molar-refractivity contribution in [2.45, 2.75) is 11.8 Å². The van der Waals surface area contributed by atoms with Crippen LogP contribution in [-0.4, -0.2) is 42.7 Å². The molecule has 3 amide bonds. The fraction of sp³-hybridized carbons (Fsp3) is 0.111. The van der Waals surface area contributed by atoms with E-state index in [0.29, 0.717) is 33.4 Å². The van der Waals surface area contributed by atoms with Crippen LogP contribution in [0.1, 0.15) is 21.5 Å². The first-order valence-electron chi connectivity index (χ1n) is 14.5. The minimum Gasteiger partial charge on any atom is -0.493 e. The highest BCUT2D eigenvalue weighted by Crippen LogP contribution is 2.29. The first-order chi connectivity index (χ1) is 22.8. The molecule has 238 valence electrons. The van der Waals surface area contributed by atoms with Gasteiger partial charge in [-0.2, -0.15) is 0 Å². The Morgan fingerprint density at radius 1 is 0.851 bits per heavy atom. The minimum absolute atomic E-state index is 0.0360. The monoisotopic (exact) mass is 664 g/mol. The van der Waals surface area contributed by atoms with Crippen molar-refractivity contribution >= 4 is 57.7 Å². The van der Waals surface area contributed by atoms with E-state index in [4.69, 9.17) is 9.47 Å². The molecule has 0 aliphatic rings. The number of thiazole rings is 1. The Morgan fingerprint density at radius 3 is 2.28 bits per heavy atom. The van der Waals surface area contributed by atoms with Gasteiger partial charge in [0.2, 0.25) is 5.91 Å². The van der Waals surface area contributed by atoms with Gasteiger partial charge in [0.05, 0.1) is 25.7 Å². The summed E-state index contributed by atoms with van der Waals surface area (Å²) in [6.07, 6.45) is 1.56. The number of hydrogen-bond acceptors (Lipinski definition) is 8. The Labute approximate surface area is 281 Å². The van der Waals surface area contributed by atoms with Gasteiger partial charge in [-0.25, -0.2) is 4.98 Å². The second-order valence-corrected chi connectivity index (χ2v) is 12.1. The second kappa shape index (κ2) is 15.7. The number of carbonyl (C=O) groups excluding carboxylic acids is 3. The number of amides is 3. The molecule has 0 bridgehead atoms. The van der Waals surface area contributed by atoms with E-state index < -0.39 is 11.8 Å². The van der Waals surface area contributed by atoms with Crippen molar-refractivity contribution in [1.82, 2.24) is 10.3 Å². The highest BCUT2D eigenvalue weighted by atomic mass is 32.2. The SMILES string of the molecule is COc1ccc(/C=C(\NC(=O)c2ccccc2)C(=O)Nc2ccc(SCC(=O)Nc3nc(-c4ccc(C)cc4)cs3)cc2)cc1OC. The summed E-state index contributed by atoms with van der Waals surface area (Å²) < 4.78 is 10.7. The molecular formula is C36H32N4O5S2. The number of benzene rings is 4. The second-order valence-electron chi connectivity index (χ2n) is 10.2. The molecule has 47 heavy (non-hydrogen) atoms. The Kier molecular flexibility index (Phi) is 11.1. The first kappa shape index (κ1) is 33.0. The molecule has 5 rings (SSSR count). The van der Waals surface area contributed by atoms with Gasteiger partial charge in [0.1, 0.15) is 5.70 Å². The Morgan fingerprint density at radius 2 is 1.57 bits per heavy atom. The standard InChI is InChI=1S/C36H32N4O5S2/c1-23-9-12-25(13-10-23)30-21-47-36(39-30)40-33(41)22-46-28-16-14-27(15-17-28)37-35(43)29(38-34(42)26-7-5-4-6-8-26)19-24-11-18-31(44-2)32(20-24)45-3/h4-21H,22H2,1-3H3,(H,37,43)(H,38,42)(H,39,40,41)/b29-19-. The van der Waals surface area contributed by atoms with Gasteiger partial charge in [0, 0.05) is 27.1 Å². The van der Waals surface area contributed by atoms with Crippen LogP contribution in [0.4, 0.5) is 10.8 Å². The van der Waals surface area contributed by atoms with Gasteiger partial charge >= 0.3 is 0 Å². The van der Waals surface area contributed by atoms with Crippen LogP contribution in [0.3, 0.4) is 0 Å². The average Bonchev–Trinajstić information content (AvgIpc) is 3.56. The lowest BCUT2D eigenvalue weighted by Gasteiger charge is -2.13. The average molecular weight is 665 g/mol. The van der Waals surface area contributed by atoms with Crippen LogP contribution >= 0.6 is 23.1 Å². The molecular weight excluding hydrogens is 633 g/mol. The Balaban J connectivity index is 1.21. The molecule has 0 unspecified atom stereocenters. The third-order valence-corrected chi connectivity index (χ3v) is 8.60. The number of anilines is 2. The van der Waals surface area contributed by atoms with Crippen molar-refractivity contribution in [3.05, 3.63) is 125 Å². The first-order valence-corrected chi connectivity index (χ1v) is 16.3. The Bertz CT molecular complexity index is 1890. The zero-order valence-corrected chi connectivity index (χ0v) is 27.5. The molecule has 0 atom stereocenters. The molecule has 5 aromatic rings. The lowest BCUT2D eigenvalue weighted by Crippen LogP contribution is -2.30. The summed E-state index contributed by atoms with van der Waals surface area (Å²) in [5.41, 5.74) is 4.56. The van der Waals surface area contributed by atoms with E-state index in [1.165, 1.54) is 42.9 Å². The van der Waals surface area contributed by atoms with Crippen molar-refractivity contribution in [3.63, 3.8) is 0 Å². The van der Waals surface area contributed by atoms with E-state index in [-0.39, 0.29) is 17.4 Å². The number of methoxy groups -OCH3 is 2. The molecule has 9 nitrogen and oxygen atoms in total. The molecule has 0 aliphatic carbocycles.